The lowest BCUT2D eigenvalue weighted by Crippen LogP contribution is -1.97. The van der Waals surface area contributed by atoms with Crippen LogP contribution in [0.1, 0.15) is 11.1 Å². The lowest BCUT2D eigenvalue weighted by Gasteiger charge is -2.18. The van der Waals surface area contributed by atoms with Crippen molar-refractivity contribution in [3.8, 4) is 67.4 Å². The van der Waals surface area contributed by atoms with Gasteiger partial charge in [-0.05, 0) is 86.6 Å². The molecule has 0 spiro atoms. The zero-order valence-corrected chi connectivity index (χ0v) is 30.5. The molecule has 0 N–H and O–H groups in total. The van der Waals surface area contributed by atoms with E-state index in [4.69, 9.17) is 15.0 Å². The van der Waals surface area contributed by atoms with Gasteiger partial charge in [-0.3, -0.25) is 9.97 Å². The van der Waals surface area contributed by atoms with Crippen molar-refractivity contribution in [1.82, 2.24) is 19.9 Å². The predicted octanol–water partition coefficient (Wildman–Crippen LogP) is 13.1. The third-order valence-electron chi connectivity index (χ3n) is 10.1. The zero-order valence-electron chi connectivity index (χ0n) is 29.7. The molecule has 1 aliphatic heterocycles. The van der Waals surface area contributed by atoms with Gasteiger partial charge in [0.25, 0.3) is 0 Å². The maximum atomic E-state index is 5.21. The van der Waals surface area contributed by atoms with Gasteiger partial charge in [0.2, 0.25) is 0 Å². The molecule has 0 saturated heterocycles. The Hall–Kier alpha value is -6.95. The van der Waals surface area contributed by atoms with E-state index in [1.165, 1.54) is 42.8 Å². The van der Waals surface area contributed by atoms with Crippen LogP contribution in [-0.4, -0.2) is 19.9 Å². The first-order valence-electron chi connectivity index (χ1n) is 18.3. The first-order chi connectivity index (χ1) is 27.2. The normalized spacial score (nSPS) is 11.9. The molecule has 0 fully saturated rings. The molecule has 0 atom stereocenters. The summed E-state index contributed by atoms with van der Waals surface area (Å²) >= 11 is 1.84. The van der Waals surface area contributed by atoms with E-state index in [-0.39, 0.29) is 0 Å². The monoisotopic (exact) mass is 720 g/mol. The van der Waals surface area contributed by atoms with Gasteiger partial charge in [0.05, 0.1) is 17.1 Å². The van der Waals surface area contributed by atoms with Crippen LogP contribution < -0.4 is 0 Å². The smallest absolute Gasteiger partial charge is 0.160 e. The number of hydrogen-bond acceptors (Lipinski definition) is 5. The van der Waals surface area contributed by atoms with Crippen molar-refractivity contribution in [1.29, 1.82) is 0 Å². The predicted molar refractivity (Wildman–Crippen MR) is 227 cm³/mol. The molecule has 6 aromatic carbocycles. The minimum absolute atomic E-state index is 0.663. The molecule has 10 rings (SSSR count). The first-order valence-corrected chi connectivity index (χ1v) is 19.1. The minimum atomic E-state index is 0.663. The van der Waals surface area contributed by atoms with E-state index in [0.29, 0.717) is 5.82 Å². The molecule has 3 aromatic heterocycles. The number of rotatable bonds is 4. The highest BCUT2D eigenvalue weighted by Crippen LogP contribution is 2.47. The highest BCUT2D eigenvalue weighted by molar-refractivity contribution is 7.99. The van der Waals surface area contributed by atoms with Gasteiger partial charge in [-0.1, -0.05) is 145 Å². The number of pyridine rings is 2. The topological polar surface area (TPSA) is 51.6 Å². The van der Waals surface area contributed by atoms with Crippen molar-refractivity contribution in [2.75, 3.05) is 0 Å². The summed E-state index contributed by atoms with van der Waals surface area (Å²) in [6.45, 7) is 0. The SMILES string of the molecule is C1=Cc2ccc(-c3cc(-c4ccc(-c5cccnc5)nc4)nc(-c4ccccc4)n3)cc2-c2ccc3ccccc3c2Sc2ccccc2-c2ccccc21. The maximum Gasteiger partial charge on any atom is 0.160 e. The molecule has 258 valence electrons. The molecule has 0 aliphatic carbocycles. The van der Waals surface area contributed by atoms with Gasteiger partial charge in [0.15, 0.2) is 5.82 Å². The third-order valence-corrected chi connectivity index (χ3v) is 11.3. The fraction of sp³-hybridized carbons (Fsp3) is 0. The minimum Gasteiger partial charge on any atom is -0.264 e. The van der Waals surface area contributed by atoms with Gasteiger partial charge in [0.1, 0.15) is 0 Å². The Morgan fingerprint density at radius 1 is 0.418 bits per heavy atom. The molecule has 0 amide bonds. The summed E-state index contributed by atoms with van der Waals surface area (Å²) in [5.74, 6) is 0.663. The highest BCUT2D eigenvalue weighted by atomic mass is 32.2. The average molecular weight is 721 g/mol. The summed E-state index contributed by atoms with van der Waals surface area (Å²) < 4.78 is 0. The second-order valence-corrected chi connectivity index (χ2v) is 14.5. The fourth-order valence-electron chi connectivity index (χ4n) is 7.30. The Morgan fingerprint density at radius 2 is 1.13 bits per heavy atom. The summed E-state index contributed by atoms with van der Waals surface area (Å²) in [6, 6.07) is 57.7. The van der Waals surface area contributed by atoms with Crippen LogP contribution in [0.25, 0.3) is 90.3 Å². The highest BCUT2D eigenvalue weighted by Gasteiger charge is 2.19. The van der Waals surface area contributed by atoms with Crippen LogP contribution in [0, 0.1) is 0 Å². The van der Waals surface area contributed by atoms with Crippen molar-refractivity contribution in [3.63, 3.8) is 0 Å². The van der Waals surface area contributed by atoms with E-state index < -0.39 is 0 Å². The van der Waals surface area contributed by atoms with Crippen LogP contribution in [0.15, 0.2) is 192 Å². The van der Waals surface area contributed by atoms with Crippen LogP contribution in [-0.2, 0) is 0 Å². The molecule has 0 bridgehead atoms. The van der Waals surface area contributed by atoms with Gasteiger partial charge >= 0.3 is 0 Å². The van der Waals surface area contributed by atoms with Crippen molar-refractivity contribution in [2.24, 2.45) is 0 Å². The van der Waals surface area contributed by atoms with Gasteiger partial charge < -0.3 is 0 Å². The van der Waals surface area contributed by atoms with E-state index in [2.05, 4.69) is 145 Å². The van der Waals surface area contributed by atoms with E-state index in [1.807, 2.05) is 60.6 Å². The molecular weight excluding hydrogens is 689 g/mol. The van der Waals surface area contributed by atoms with Crippen molar-refractivity contribution in [3.05, 3.63) is 194 Å². The average Bonchev–Trinajstić information content (AvgIpc) is 3.28. The van der Waals surface area contributed by atoms with E-state index in [9.17, 15) is 0 Å². The summed E-state index contributed by atoms with van der Waals surface area (Å²) in [5.41, 5.74) is 13.4. The number of aromatic nitrogens is 4. The van der Waals surface area contributed by atoms with Crippen LogP contribution in [0.2, 0.25) is 0 Å². The zero-order chi connectivity index (χ0) is 36.6. The molecule has 4 nitrogen and oxygen atoms in total. The van der Waals surface area contributed by atoms with Gasteiger partial charge in [-0.15, -0.1) is 0 Å². The van der Waals surface area contributed by atoms with Gasteiger partial charge in [-0.25, -0.2) is 9.97 Å². The van der Waals surface area contributed by atoms with Crippen LogP contribution in [0.5, 0.6) is 0 Å². The largest absolute Gasteiger partial charge is 0.264 e. The van der Waals surface area contributed by atoms with Crippen LogP contribution in [0.3, 0.4) is 0 Å². The summed E-state index contributed by atoms with van der Waals surface area (Å²) in [7, 11) is 0. The lowest BCUT2D eigenvalue weighted by molar-refractivity contribution is 1.18. The Kier molecular flexibility index (Phi) is 8.39. The van der Waals surface area contributed by atoms with Crippen molar-refractivity contribution >= 4 is 34.7 Å². The summed E-state index contributed by atoms with van der Waals surface area (Å²) in [4.78, 5) is 21.8. The Labute approximate surface area is 324 Å². The van der Waals surface area contributed by atoms with E-state index in [1.54, 1.807) is 6.20 Å². The quantitative estimate of drug-likeness (QED) is 0.181. The Balaban J connectivity index is 1.18. The fourth-order valence-corrected chi connectivity index (χ4v) is 8.54. The molecular formula is C50H32N4S. The van der Waals surface area contributed by atoms with E-state index >= 15 is 0 Å². The second kappa shape index (κ2) is 14.1. The van der Waals surface area contributed by atoms with Crippen molar-refractivity contribution in [2.45, 2.75) is 9.79 Å². The molecule has 4 heterocycles. The van der Waals surface area contributed by atoms with E-state index in [0.717, 1.165) is 50.5 Å². The number of hydrogen-bond donors (Lipinski definition) is 0. The molecule has 0 unspecified atom stereocenters. The van der Waals surface area contributed by atoms with Crippen LogP contribution in [0.4, 0.5) is 0 Å². The second-order valence-electron chi connectivity index (χ2n) is 13.5. The van der Waals surface area contributed by atoms with Crippen LogP contribution >= 0.6 is 11.8 Å². The number of benzene rings is 6. The lowest BCUT2D eigenvalue weighted by atomic mass is 9.93. The van der Waals surface area contributed by atoms with Crippen molar-refractivity contribution < 1.29 is 0 Å². The molecule has 0 saturated carbocycles. The third kappa shape index (κ3) is 6.31. The number of fused-ring (bicyclic) bond motifs is 8. The molecule has 5 heteroatoms. The molecule has 1 aliphatic rings. The number of nitrogens with zero attached hydrogens (tertiary/aromatic N) is 4. The van der Waals surface area contributed by atoms with Gasteiger partial charge in [0, 0.05) is 50.6 Å². The Morgan fingerprint density at radius 3 is 1.96 bits per heavy atom. The Bertz CT molecular complexity index is 2890. The first kappa shape index (κ1) is 32.7. The molecule has 0 radical (unpaired) electrons. The molecule has 55 heavy (non-hydrogen) atoms. The van der Waals surface area contributed by atoms with Gasteiger partial charge in [-0.2, -0.15) is 0 Å². The summed E-state index contributed by atoms with van der Waals surface area (Å²) in [5, 5.41) is 2.44. The standard InChI is InChI=1S/C50H32N4S/c1-2-13-36(14-3-1)50-53-46(30-47(54-50)39-25-27-45(52-32-39)38-15-10-28-51-31-38)37-23-22-35-21-20-33-11-4-6-16-40(33)42-18-8-9-19-48(42)55-49-41-17-7-5-12-34(41)24-26-43(49)44(35)29-37/h1-32H. The summed E-state index contributed by atoms with van der Waals surface area (Å²) in [6.07, 6.45) is 9.99. The maximum absolute atomic E-state index is 5.21. The molecule has 9 aromatic rings.